The van der Waals surface area contributed by atoms with Gasteiger partial charge in [0.1, 0.15) is 11.9 Å². The molecule has 4 unspecified atom stereocenters. The van der Waals surface area contributed by atoms with Crippen LogP contribution in [-0.4, -0.2) is 59.9 Å². The van der Waals surface area contributed by atoms with Crippen LogP contribution >= 0.6 is 0 Å². The number of rotatable bonds is 13. The Labute approximate surface area is 214 Å². The van der Waals surface area contributed by atoms with Crippen molar-refractivity contribution in [3.05, 3.63) is 47.8 Å². The number of carbonyl (C=O) groups excluding carboxylic acids is 2. The average molecular weight is 504 g/mol. The third-order valence-electron chi connectivity index (χ3n) is 7.73. The van der Waals surface area contributed by atoms with Gasteiger partial charge in [-0.3, -0.25) is 14.5 Å². The van der Waals surface area contributed by atoms with Crippen LogP contribution in [0, 0.1) is 11.7 Å². The van der Waals surface area contributed by atoms with Crippen LogP contribution in [0.4, 0.5) is 4.39 Å². The third-order valence-corrected chi connectivity index (χ3v) is 7.73. The molecule has 2 aliphatic rings. The van der Waals surface area contributed by atoms with E-state index in [-0.39, 0.29) is 42.3 Å². The van der Waals surface area contributed by atoms with Gasteiger partial charge in [0.25, 0.3) is 0 Å². The van der Waals surface area contributed by atoms with E-state index in [1.165, 1.54) is 19.2 Å². The summed E-state index contributed by atoms with van der Waals surface area (Å²) in [5, 5.41) is 10.7. The fraction of sp³-hybridized carbons (Fsp3) is 0.655. The van der Waals surface area contributed by atoms with Crippen molar-refractivity contribution in [2.75, 3.05) is 13.7 Å². The van der Waals surface area contributed by atoms with Crippen LogP contribution in [0.3, 0.4) is 0 Å². The largest absolute Gasteiger partial charge is 0.469 e. The van der Waals surface area contributed by atoms with Crippen molar-refractivity contribution in [2.45, 2.75) is 102 Å². The van der Waals surface area contributed by atoms with E-state index >= 15 is 0 Å². The Bertz CT molecular complexity index is 873. The van der Waals surface area contributed by atoms with Crippen molar-refractivity contribution in [2.24, 2.45) is 5.92 Å². The minimum absolute atomic E-state index is 0.0780. The normalized spacial score (nSPS) is 25.6. The highest BCUT2D eigenvalue weighted by Gasteiger charge is 2.51. The SMILES string of the molecule is CCC=CC[C@H](OC(=O)CN1C2CCC1C(C(=O)OC)C(c1ccc(F)cc1)C2)[C@@H](O)CCCCC. The number of hydrogen-bond acceptors (Lipinski definition) is 6. The molecule has 0 saturated carbocycles. The Morgan fingerprint density at radius 2 is 1.92 bits per heavy atom. The molecule has 6 nitrogen and oxygen atoms in total. The summed E-state index contributed by atoms with van der Waals surface area (Å²) < 4.78 is 24.5. The molecule has 0 spiro atoms. The molecule has 3 rings (SSSR count). The standard InChI is InChI=1S/C29H42FNO5/c1-4-6-8-10-25(32)26(11-9-7-5-2)36-27(33)19-31-22-16-17-24(31)28(29(34)35-3)23(18-22)20-12-14-21(30)15-13-20/h7,9,12-15,22-26,28,32H,4-6,8,10-11,16-19H2,1-3H3/t22?,23?,24?,25-,26-,28?/m0/s1. The van der Waals surface area contributed by atoms with Crippen LogP contribution in [0.5, 0.6) is 0 Å². The second-order valence-electron chi connectivity index (χ2n) is 10.1. The summed E-state index contributed by atoms with van der Waals surface area (Å²) in [4.78, 5) is 28.1. The van der Waals surface area contributed by atoms with Gasteiger partial charge in [0, 0.05) is 24.4 Å². The summed E-state index contributed by atoms with van der Waals surface area (Å²) in [6.45, 7) is 4.23. The highest BCUT2D eigenvalue weighted by atomic mass is 19.1. The number of ether oxygens (including phenoxy) is 2. The fourth-order valence-corrected chi connectivity index (χ4v) is 5.90. The molecule has 2 fully saturated rings. The first-order chi connectivity index (χ1) is 17.4. The lowest BCUT2D eigenvalue weighted by Gasteiger charge is -2.43. The molecule has 200 valence electrons. The molecule has 2 heterocycles. The van der Waals surface area contributed by atoms with Crippen LogP contribution in [0.1, 0.15) is 83.1 Å². The summed E-state index contributed by atoms with van der Waals surface area (Å²) >= 11 is 0. The lowest BCUT2D eigenvalue weighted by atomic mass is 9.76. The molecule has 6 atom stereocenters. The van der Waals surface area contributed by atoms with Crippen LogP contribution < -0.4 is 0 Å². The molecule has 1 aromatic carbocycles. The van der Waals surface area contributed by atoms with Gasteiger partial charge in [0.15, 0.2) is 0 Å². The number of carbonyl (C=O) groups is 2. The van der Waals surface area contributed by atoms with Crippen LogP contribution in [0.15, 0.2) is 36.4 Å². The zero-order valence-corrected chi connectivity index (χ0v) is 21.9. The van der Waals surface area contributed by atoms with Gasteiger partial charge < -0.3 is 14.6 Å². The molecule has 0 aliphatic carbocycles. The van der Waals surface area contributed by atoms with Crippen molar-refractivity contribution in [1.29, 1.82) is 0 Å². The Balaban J connectivity index is 1.71. The quantitative estimate of drug-likeness (QED) is 0.228. The molecule has 36 heavy (non-hydrogen) atoms. The Kier molecular flexibility index (Phi) is 10.9. The van der Waals surface area contributed by atoms with Crippen molar-refractivity contribution in [3.63, 3.8) is 0 Å². The molecule has 0 radical (unpaired) electrons. The van der Waals surface area contributed by atoms with E-state index in [1.54, 1.807) is 12.1 Å². The van der Waals surface area contributed by atoms with Gasteiger partial charge in [-0.2, -0.15) is 0 Å². The van der Waals surface area contributed by atoms with E-state index in [0.29, 0.717) is 19.3 Å². The Morgan fingerprint density at radius 3 is 2.58 bits per heavy atom. The highest BCUT2D eigenvalue weighted by Crippen LogP contribution is 2.47. The minimum Gasteiger partial charge on any atom is -0.469 e. The van der Waals surface area contributed by atoms with Crippen molar-refractivity contribution >= 4 is 11.9 Å². The smallest absolute Gasteiger partial charge is 0.320 e. The van der Waals surface area contributed by atoms with Crippen LogP contribution in [-0.2, 0) is 19.1 Å². The molecular formula is C29H42FNO5. The van der Waals surface area contributed by atoms with E-state index in [0.717, 1.165) is 44.1 Å². The maximum absolute atomic E-state index is 13.5. The number of fused-ring (bicyclic) bond motifs is 2. The molecule has 2 bridgehead atoms. The van der Waals surface area contributed by atoms with Gasteiger partial charge in [-0.15, -0.1) is 0 Å². The van der Waals surface area contributed by atoms with Crippen LogP contribution in [0.25, 0.3) is 0 Å². The number of halogens is 1. The number of allylic oxidation sites excluding steroid dienone is 1. The van der Waals surface area contributed by atoms with E-state index in [2.05, 4.69) is 11.8 Å². The number of esters is 2. The number of unbranched alkanes of at least 4 members (excludes halogenated alkanes) is 2. The third kappa shape index (κ3) is 7.16. The predicted molar refractivity (Wildman–Crippen MR) is 137 cm³/mol. The second kappa shape index (κ2) is 13.9. The van der Waals surface area contributed by atoms with E-state index in [4.69, 9.17) is 9.47 Å². The molecule has 7 heteroatoms. The van der Waals surface area contributed by atoms with Gasteiger partial charge in [0.2, 0.25) is 0 Å². The van der Waals surface area contributed by atoms with Gasteiger partial charge >= 0.3 is 11.9 Å². The lowest BCUT2D eigenvalue weighted by Crippen LogP contribution is -2.53. The van der Waals surface area contributed by atoms with Crippen LogP contribution in [0.2, 0.25) is 0 Å². The first-order valence-electron chi connectivity index (χ1n) is 13.5. The monoisotopic (exact) mass is 503 g/mol. The maximum atomic E-state index is 13.5. The molecular weight excluding hydrogens is 461 g/mol. The topological polar surface area (TPSA) is 76.1 Å². The predicted octanol–water partition coefficient (Wildman–Crippen LogP) is 5.14. The van der Waals surface area contributed by atoms with E-state index < -0.39 is 18.1 Å². The number of piperidine rings is 1. The Morgan fingerprint density at radius 1 is 1.17 bits per heavy atom. The van der Waals surface area contributed by atoms with Gasteiger partial charge in [-0.05, 0) is 49.8 Å². The molecule has 1 N–H and O–H groups in total. The number of benzene rings is 1. The number of aliphatic hydroxyl groups is 1. The summed E-state index contributed by atoms with van der Waals surface area (Å²) in [6, 6.07) is 6.32. The van der Waals surface area contributed by atoms with Crippen molar-refractivity contribution in [3.8, 4) is 0 Å². The van der Waals surface area contributed by atoms with Crippen molar-refractivity contribution < 1.29 is 28.6 Å². The Hall–Kier alpha value is -2.25. The zero-order valence-electron chi connectivity index (χ0n) is 21.9. The van der Waals surface area contributed by atoms with Crippen molar-refractivity contribution in [1.82, 2.24) is 4.90 Å². The molecule has 0 amide bonds. The fourth-order valence-electron chi connectivity index (χ4n) is 5.90. The lowest BCUT2D eigenvalue weighted by molar-refractivity contribution is -0.161. The van der Waals surface area contributed by atoms with Gasteiger partial charge in [-0.1, -0.05) is 57.4 Å². The first-order valence-corrected chi connectivity index (χ1v) is 13.5. The number of methoxy groups -OCH3 is 1. The summed E-state index contributed by atoms with van der Waals surface area (Å²) in [6.07, 6.45) is 10.0. The summed E-state index contributed by atoms with van der Waals surface area (Å²) in [7, 11) is 1.39. The molecule has 2 saturated heterocycles. The van der Waals surface area contributed by atoms with E-state index in [1.807, 2.05) is 19.1 Å². The average Bonchev–Trinajstić information content (AvgIpc) is 3.13. The second-order valence-corrected chi connectivity index (χ2v) is 10.1. The first kappa shape index (κ1) is 28.3. The highest BCUT2D eigenvalue weighted by molar-refractivity contribution is 5.76. The number of nitrogens with zero attached hydrogens (tertiary/aromatic N) is 1. The zero-order chi connectivity index (χ0) is 26.1. The summed E-state index contributed by atoms with van der Waals surface area (Å²) in [5.74, 6) is -1.51. The molecule has 1 aromatic rings. The number of aliphatic hydroxyl groups excluding tert-OH is 1. The van der Waals surface area contributed by atoms with Gasteiger partial charge in [0.05, 0.1) is 25.7 Å². The van der Waals surface area contributed by atoms with Gasteiger partial charge in [-0.25, -0.2) is 4.39 Å². The van der Waals surface area contributed by atoms with E-state index in [9.17, 15) is 19.1 Å². The maximum Gasteiger partial charge on any atom is 0.320 e. The summed E-state index contributed by atoms with van der Waals surface area (Å²) in [5.41, 5.74) is 0.920. The molecule has 2 aliphatic heterocycles. The minimum atomic E-state index is -0.703. The number of hydrogen-bond donors (Lipinski definition) is 1. The molecule has 0 aromatic heterocycles.